The van der Waals surface area contributed by atoms with Crippen LogP contribution in [0.15, 0.2) is 71.6 Å². The van der Waals surface area contributed by atoms with E-state index in [1.165, 1.54) is 18.2 Å². The zero-order chi connectivity index (χ0) is 23.8. The molecular formula is C24H23FN4O3S. The Morgan fingerprint density at radius 3 is 2.42 bits per heavy atom. The largest absolute Gasteiger partial charge is 0.350 e. The Labute approximate surface area is 191 Å². The average Bonchev–Trinajstić information content (AvgIpc) is 3.09. The lowest BCUT2D eigenvalue weighted by atomic mass is 10.1. The molecule has 0 atom stereocenters. The van der Waals surface area contributed by atoms with Gasteiger partial charge in [0.05, 0.1) is 21.6 Å². The molecule has 0 bridgehead atoms. The number of anilines is 1. The first-order valence-electron chi connectivity index (χ1n) is 10.3. The van der Waals surface area contributed by atoms with E-state index in [4.69, 9.17) is 0 Å². The first kappa shape index (κ1) is 22.5. The van der Waals surface area contributed by atoms with E-state index in [1.807, 2.05) is 37.6 Å². The van der Waals surface area contributed by atoms with Gasteiger partial charge in [-0.25, -0.2) is 17.8 Å². The highest BCUT2D eigenvalue weighted by molar-refractivity contribution is 7.92. The van der Waals surface area contributed by atoms with Crippen LogP contribution < -0.4 is 10.0 Å². The van der Waals surface area contributed by atoms with Gasteiger partial charge in [-0.05, 0) is 62.4 Å². The summed E-state index contributed by atoms with van der Waals surface area (Å²) in [6.07, 6.45) is 0. The number of hydrogen-bond donors (Lipinski definition) is 2. The molecule has 3 aromatic carbocycles. The number of sulfonamides is 1. The monoisotopic (exact) mass is 466 g/mol. The van der Waals surface area contributed by atoms with Crippen molar-refractivity contribution in [3.8, 4) is 11.4 Å². The van der Waals surface area contributed by atoms with Crippen molar-refractivity contribution in [2.45, 2.75) is 24.8 Å². The fourth-order valence-corrected chi connectivity index (χ4v) is 4.57. The maximum Gasteiger partial charge on any atom is 0.261 e. The van der Waals surface area contributed by atoms with Crippen molar-refractivity contribution in [2.75, 3.05) is 4.72 Å². The van der Waals surface area contributed by atoms with Gasteiger partial charge in [-0.15, -0.1) is 0 Å². The molecule has 0 spiro atoms. The second-order valence-electron chi connectivity index (χ2n) is 7.97. The van der Waals surface area contributed by atoms with Gasteiger partial charge in [0.25, 0.3) is 15.9 Å². The second kappa shape index (κ2) is 8.67. The lowest BCUT2D eigenvalue weighted by Gasteiger charge is -2.09. The number of benzene rings is 3. The van der Waals surface area contributed by atoms with Crippen molar-refractivity contribution in [3.63, 3.8) is 0 Å². The Balaban J connectivity index is 1.63. The summed E-state index contributed by atoms with van der Waals surface area (Å²) in [5.41, 5.74) is 3.09. The molecule has 1 heterocycles. The number of halogens is 1. The minimum Gasteiger partial charge on any atom is -0.350 e. The normalized spacial score (nSPS) is 11.7. The lowest BCUT2D eigenvalue weighted by molar-refractivity contribution is 0.0943. The van der Waals surface area contributed by atoms with Gasteiger partial charge in [0, 0.05) is 24.2 Å². The van der Waals surface area contributed by atoms with E-state index in [9.17, 15) is 17.6 Å². The van der Waals surface area contributed by atoms with Crippen LogP contribution in [0, 0.1) is 5.82 Å². The van der Waals surface area contributed by atoms with Crippen LogP contribution in [0.4, 0.5) is 10.1 Å². The Bertz CT molecular complexity index is 1440. The number of fused-ring (bicyclic) bond motifs is 1. The highest BCUT2D eigenvalue weighted by Gasteiger charge is 2.17. The predicted molar refractivity (Wildman–Crippen MR) is 126 cm³/mol. The number of aromatic nitrogens is 2. The first-order chi connectivity index (χ1) is 15.6. The van der Waals surface area contributed by atoms with E-state index in [-0.39, 0.29) is 16.8 Å². The van der Waals surface area contributed by atoms with Crippen LogP contribution in [-0.4, -0.2) is 29.9 Å². The van der Waals surface area contributed by atoms with Crippen molar-refractivity contribution in [1.29, 1.82) is 0 Å². The molecule has 4 rings (SSSR count). The summed E-state index contributed by atoms with van der Waals surface area (Å²) in [5, 5.41) is 2.85. The number of carbonyl (C=O) groups is 1. The van der Waals surface area contributed by atoms with E-state index >= 15 is 0 Å². The summed E-state index contributed by atoms with van der Waals surface area (Å²) in [7, 11) is -2.08. The topological polar surface area (TPSA) is 93.1 Å². The molecule has 170 valence electrons. The molecule has 4 aromatic rings. The molecule has 1 aromatic heterocycles. The van der Waals surface area contributed by atoms with E-state index in [0.29, 0.717) is 22.6 Å². The molecule has 7 nitrogen and oxygen atoms in total. The summed E-state index contributed by atoms with van der Waals surface area (Å²) in [4.78, 5) is 16.7. The van der Waals surface area contributed by atoms with Crippen LogP contribution in [0.5, 0.6) is 0 Å². The number of carbonyl (C=O) groups excluding carboxylic acids is 1. The lowest BCUT2D eigenvalue weighted by Crippen LogP contribution is -2.29. The van der Waals surface area contributed by atoms with Crippen molar-refractivity contribution >= 4 is 32.7 Å². The Morgan fingerprint density at radius 2 is 1.76 bits per heavy atom. The van der Waals surface area contributed by atoms with Gasteiger partial charge in [0.2, 0.25) is 0 Å². The van der Waals surface area contributed by atoms with Crippen molar-refractivity contribution in [1.82, 2.24) is 14.9 Å². The number of hydrogen-bond acceptors (Lipinski definition) is 4. The number of nitrogens with zero attached hydrogens (tertiary/aromatic N) is 2. The molecule has 0 saturated carbocycles. The predicted octanol–water partition coefficient (Wildman–Crippen LogP) is 4.32. The maximum atomic E-state index is 13.5. The minimum atomic E-state index is -3.94. The van der Waals surface area contributed by atoms with Crippen molar-refractivity contribution in [2.24, 2.45) is 7.05 Å². The maximum absolute atomic E-state index is 13.5. The van der Waals surface area contributed by atoms with Crippen LogP contribution in [0.1, 0.15) is 24.2 Å². The summed E-state index contributed by atoms with van der Waals surface area (Å²) >= 11 is 0. The molecule has 0 aliphatic carbocycles. The molecule has 33 heavy (non-hydrogen) atoms. The van der Waals surface area contributed by atoms with Crippen LogP contribution in [-0.2, 0) is 17.1 Å². The van der Waals surface area contributed by atoms with Gasteiger partial charge in [0.1, 0.15) is 11.6 Å². The third kappa shape index (κ3) is 4.73. The molecule has 0 unspecified atom stereocenters. The summed E-state index contributed by atoms with van der Waals surface area (Å²) in [6, 6.07) is 17.0. The van der Waals surface area contributed by atoms with E-state index in [0.717, 1.165) is 17.1 Å². The molecule has 9 heteroatoms. The standard InChI is InChI=1S/C24H23FN4O3S/c1-15(2)26-24(30)17-9-7-16(8-10-17)23-27-21-14-19(11-12-22(21)29(23)3)28-33(31,32)20-6-4-5-18(25)13-20/h4-15,28H,1-3H3,(H,26,30). The first-order valence-corrected chi connectivity index (χ1v) is 11.8. The van der Waals surface area contributed by atoms with E-state index in [2.05, 4.69) is 15.0 Å². The third-order valence-corrected chi connectivity index (χ3v) is 6.44. The van der Waals surface area contributed by atoms with Crippen LogP contribution >= 0.6 is 0 Å². The fraction of sp³-hybridized carbons (Fsp3) is 0.167. The molecule has 0 aliphatic rings. The molecule has 0 saturated heterocycles. The van der Waals surface area contributed by atoms with Gasteiger partial charge >= 0.3 is 0 Å². The quantitative estimate of drug-likeness (QED) is 0.443. The van der Waals surface area contributed by atoms with Crippen LogP contribution in [0.25, 0.3) is 22.4 Å². The van der Waals surface area contributed by atoms with Gasteiger partial charge in [-0.1, -0.05) is 18.2 Å². The van der Waals surface area contributed by atoms with Gasteiger partial charge in [0.15, 0.2) is 0 Å². The number of aryl methyl sites for hydroxylation is 1. The average molecular weight is 467 g/mol. The smallest absolute Gasteiger partial charge is 0.261 e. The zero-order valence-electron chi connectivity index (χ0n) is 18.3. The molecule has 0 fully saturated rings. The number of nitrogens with one attached hydrogen (secondary N) is 2. The highest BCUT2D eigenvalue weighted by Crippen LogP contribution is 2.27. The Kier molecular flexibility index (Phi) is 5.90. The summed E-state index contributed by atoms with van der Waals surface area (Å²) < 4.78 is 43.0. The van der Waals surface area contributed by atoms with E-state index in [1.54, 1.807) is 30.3 Å². The zero-order valence-corrected chi connectivity index (χ0v) is 19.2. The molecule has 0 radical (unpaired) electrons. The van der Waals surface area contributed by atoms with Gasteiger partial charge in [-0.2, -0.15) is 0 Å². The second-order valence-corrected chi connectivity index (χ2v) is 9.65. The fourth-order valence-electron chi connectivity index (χ4n) is 3.49. The summed E-state index contributed by atoms with van der Waals surface area (Å²) in [5.74, 6) is -0.0990. The van der Waals surface area contributed by atoms with Crippen molar-refractivity contribution < 1.29 is 17.6 Å². The Hall–Kier alpha value is -3.72. The minimum absolute atomic E-state index is 0.0459. The van der Waals surface area contributed by atoms with Crippen LogP contribution in [0.3, 0.4) is 0 Å². The molecular weight excluding hydrogens is 443 g/mol. The summed E-state index contributed by atoms with van der Waals surface area (Å²) in [6.45, 7) is 3.80. The molecule has 1 amide bonds. The number of amides is 1. The Morgan fingerprint density at radius 1 is 1.03 bits per heavy atom. The number of rotatable bonds is 6. The van der Waals surface area contributed by atoms with Crippen LogP contribution in [0.2, 0.25) is 0 Å². The van der Waals surface area contributed by atoms with Gasteiger partial charge < -0.3 is 9.88 Å². The number of imidazole rings is 1. The third-order valence-electron chi connectivity index (χ3n) is 5.06. The van der Waals surface area contributed by atoms with Crippen molar-refractivity contribution in [3.05, 3.63) is 78.1 Å². The van der Waals surface area contributed by atoms with Gasteiger partial charge in [-0.3, -0.25) is 9.52 Å². The highest BCUT2D eigenvalue weighted by atomic mass is 32.2. The SMILES string of the molecule is CC(C)NC(=O)c1ccc(-c2nc3cc(NS(=O)(=O)c4cccc(F)c4)ccc3n2C)cc1. The molecule has 2 N–H and O–H groups in total. The molecule has 0 aliphatic heterocycles. The van der Waals surface area contributed by atoms with E-state index < -0.39 is 15.8 Å².